The summed E-state index contributed by atoms with van der Waals surface area (Å²) >= 11 is 0. The average molecular weight is 654 g/mol. The summed E-state index contributed by atoms with van der Waals surface area (Å²) in [5.74, 6) is 0. The van der Waals surface area contributed by atoms with Gasteiger partial charge < -0.3 is 0 Å². The van der Waals surface area contributed by atoms with Crippen LogP contribution in [0.1, 0.15) is 48.6 Å². The second kappa shape index (κ2) is 8.26. The Bertz CT molecular complexity index is 3090. The third-order valence-electron chi connectivity index (χ3n) is 12.7. The minimum absolute atomic E-state index is 0.00561. The molecule has 0 amide bonds. The number of benzene rings is 6. The number of fused-ring (bicyclic) bond motifs is 15. The summed E-state index contributed by atoms with van der Waals surface area (Å²) in [6.45, 7) is 6.97. The topological polar surface area (TPSA) is 12.2 Å². The van der Waals surface area contributed by atoms with Crippen molar-refractivity contribution in [2.24, 2.45) is 0 Å². The van der Waals surface area contributed by atoms with Crippen LogP contribution < -0.4 is 14.1 Å². The Morgan fingerprint density at radius 3 is 2.00 bits per heavy atom. The lowest BCUT2D eigenvalue weighted by atomic mass is 9.64. The van der Waals surface area contributed by atoms with Gasteiger partial charge in [0.25, 0.3) is 17.1 Å². The van der Waals surface area contributed by atoms with Gasteiger partial charge in [0, 0.05) is 43.4 Å². The zero-order valence-electron chi connectivity index (χ0n) is 28.6. The maximum atomic E-state index is 2.66. The number of hydrogen-bond acceptors (Lipinski definition) is 0. The smallest absolute Gasteiger partial charge is 0.182 e. The number of nitrogens with zero attached hydrogens (tertiary/aromatic N) is 4. The van der Waals surface area contributed by atoms with E-state index in [1.54, 1.807) is 0 Å². The largest absolute Gasteiger partial charge is 0.359 e. The van der Waals surface area contributed by atoms with Gasteiger partial charge in [0.2, 0.25) is 11.7 Å². The van der Waals surface area contributed by atoms with Crippen LogP contribution in [0.15, 0.2) is 146 Å². The van der Waals surface area contributed by atoms with Gasteiger partial charge in [-0.05, 0) is 57.5 Å². The summed E-state index contributed by atoms with van der Waals surface area (Å²) in [6.07, 6.45) is 2.38. The molecule has 1 atom stereocenters. The molecule has 0 radical (unpaired) electrons. The van der Waals surface area contributed by atoms with Crippen molar-refractivity contribution in [1.82, 2.24) is 9.10 Å². The highest BCUT2D eigenvalue weighted by atomic mass is 15.9. The molecule has 3 aromatic heterocycles. The van der Waals surface area contributed by atoms with E-state index in [-0.39, 0.29) is 5.41 Å². The fraction of sp³-hybridized carbons (Fsp3) is 0.106. The van der Waals surface area contributed by atoms with Crippen LogP contribution in [-0.4, -0.2) is 4.40 Å². The number of aromatic nitrogens is 3. The van der Waals surface area contributed by atoms with Crippen LogP contribution >= 0.6 is 0 Å². The monoisotopic (exact) mass is 653 g/mol. The Labute approximate surface area is 294 Å². The Kier molecular flexibility index (Phi) is 4.33. The van der Waals surface area contributed by atoms with E-state index in [2.05, 4.69) is 180 Å². The summed E-state index contributed by atoms with van der Waals surface area (Å²) in [6, 6.07) is 53.3. The van der Waals surface area contributed by atoms with Gasteiger partial charge in [0.1, 0.15) is 15.8 Å². The van der Waals surface area contributed by atoms with Gasteiger partial charge in [-0.1, -0.05) is 124 Å². The highest BCUT2D eigenvalue weighted by molar-refractivity contribution is 6.20. The molecular weight excluding hydrogens is 621 g/mol. The predicted molar refractivity (Wildman–Crippen MR) is 204 cm³/mol. The molecule has 4 nitrogen and oxygen atoms in total. The molecule has 6 aromatic carbocycles. The van der Waals surface area contributed by atoms with Crippen molar-refractivity contribution in [3.63, 3.8) is 0 Å². The van der Waals surface area contributed by atoms with Crippen LogP contribution in [-0.2, 0) is 10.8 Å². The standard InChI is InChI=1S/C47H33N4/c1-46(2,3)28-25-26-48-41(27-28)33-16-12-19-36-43(33)51(48)44-37(47(36)34-17-7-4-13-29(34)30-14-5-8-18-35(30)47)24-23-32-31-15-6-9-20-38(31)49-39-21-10-11-22-40(39)50(51)45(49)42(32)44/h4-27H,1-3H3/q+3. The number of imidazole rings is 1. The van der Waals surface area contributed by atoms with E-state index in [1.807, 2.05) is 0 Å². The normalized spacial score (nSPS) is 17.9. The number of rotatable bonds is 0. The molecule has 238 valence electrons. The molecule has 0 fully saturated rings. The van der Waals surface area contributed by atoms with E-state index in [1.165, 1.54) is 99.9 Å². The van der Waals surface area contributed by atoms with Gasteiger partial charge >= 0.3 is 5.65 Å². The van der Waals surface area contributed by atoms with Gasteiger partial charge in [0.15, 0.2) is 10.9 Å². The number of quaternary nitrogens is 1. The first-order chi connectivity index (χ1) is 25.0. The van der Waals surface area contributed by atoms with E-state index >= 15 is 0 Å². The first-order valence-electron chi connectivity index (χ1n) is 18.1. The molecule has 4 heteroatoms. The van der Waals surface area contributed by atoms with E-state index in [0.29, 0.717) is 4.70 Å². The summed E-state index contributed by atoms with van der Waals surface area (Å²) < 4.78 is 8.26. The average Bonchev–Trinajstić information content (AvgIpc) is 3.86. The minimum Gasteiger partial charge on any atom is -0.182 e. The molecule has 6 heterocycles. The van der Waals surface area contributed by atoms with Crippen molar-refractivity contribution in [3.05, 3.63) is 174 Å². The van der Waals surface area contributed by atoms with Gasteiger partial charge in [-0.25, -0.2) is 0 Å². The third-order valence-corrected chi connectivity index (χ3v) is 12.7. The van der Waals surface area contributed by atoms with E-state index in [0.717, 1.165) is 0 Å². The van der Waals surface area contributed by atoms with Crippen molar-refractivity contribution in [1.29, 1.82) is 0 Å². The zero-order valence-corrected chi connectivity index (χ0v) is 28.6. The highest BCUT2D eigenvalue weighted by Crippen LogP contribution is 2.68. The lowest BCUT2D eigenvalue weighted by Crippen LogP contribution is -2.82. The van der Waals surface area contributed by atoms with Crippen LogP contribution in [0.25, 0.3) is 60.7 Å². The molecule has 0 saturated heterocycles. The van der Waals surface area contributed by atoms with Crippen LogP contribution in [0.5, 0.6) is 0 Å². The molecule has 0 bridgehead atoms. The summed E-state index contributed by atoms with van der Waals surface area (Å²) in [4.78, 5) is 0. The maximum Gasteiger partial charge on any atom is 0.359 e. The Morgan fingerprint density at radius 1 is 0.569 bits per heavy atom. The third kappa shape index (κ3) is 2.61. The van der Waals surface area contributed by atoms with Gasteiger partial charge in [-0.3, -0.25) is 0 Å². The molecule has 1 unspecified atom stereocenters. The molecule has 13 rings (SSSR count). The Balaban J connectivity index is 1.37. The Morgan fingerprint density at radius 2 is 1.22 bits per heavy atom. The fourth-order valence-electron chi connectivity index (χ4n) is 10.9. The summed E-state index contributed by atoms with van der Waals surface area (Å²) in [7, 11) is 0. The van der Waals surface area contributed by atoms with Crippen LogP contribution in [0, 0.1) is 0 Å². The summed E-state index contributed by atoms with van der Waals surface area (Å²) in [5, 5.41) is 3.92. The highest BCUT2D eigenvalue weighted by Gasteiger charge is 2.74. The zero-order chi connectivity index (χ0) is 33.6. The minimum atomic E-state index is -0.484. The lowest BCUT2D eigenvalue weighted by molar-refractivity contribution is -1.01. The van der Waals surface area contributed by atoms with Crippen LogP contribution in [0.3, 0.4) is 0 Å². The van der Waals surface area contributed by atoms with Crippen molar-refractivity contribution >= 4 is 49.7 Å². The molecule has 9 aromatic rings. The quantitative estimate of drug-likeness (QED) is 0.0878. The SMILES string of the molecule is CC(C)(C)c1cc[n+]2c(c1)-c1cccc3c1[N+]21c2c(ccc4c5ccccc5n5c6ccccc6[n+]1c5c24)C31c2ccccc2-c2ccccc21. The molecule has 0 N–H and O–H groups in total. The van der Waals surface area contributed by atoms with E-state index < -0.39 is 5.41 Å². The molecule has 0 saturated carbocycles. The number of hydrogen-bond donors (Lipinski definition) is 0. The lowest BCUT2D eigenvalue weighted by Gasteiger charge is -2.39. The van der Waals surface area contributed by atoms with Crippen molar-refractivity contribution in [3.8, 4) is 22.4 Å². The fourth-order valence-corrected chi connectivity index (χ4v) is 10.9. The number of para-hydroxylation sites is 4. The molecule has 4 aliphatic rings. The molecule has 3 aliphatic heterocycles. The van der Waals surface area contributed by atoms with E-state index in [9.17, 15) is 0 Å². The van der Waals surface area contributed by atoms with Gasteiger partial charge in [0.05, 0.1) is 5.41 Å². The molecule has 1 aliphatic carbocycles. The van der Waals surface area contributed by atoms with Crippen LogP contribution in [0.2, 0.25) is 0 Å². The van der Waals surface area contributed by atoms with E-state index in [4.69, 9.17) is 0 Å². The Hall–Kier alpha value is -6.10. The van der Waals surface area contributed by atoms with Crippen molar-refractivity contribution in [2.75, 3.05) is 0 Å². The first-order valence-corrected chi connectivity index (χ1v) is 18.1. The second-order valence-corrected chi connectivity index (χ2v) is 15.9. The number of pyridine rings is 2. The van der Waals surface area contributed by atoms with Gasteiger partial charge in [-0.2, -0.15) is 4.40 Å². The first kappa shape index (κ1) is 26.7. The molecule has 2 spiro atoms. The van der Waals surface area contributed by atoms with Gasteiger partial charge in [-0.15, -0.1) is 0 Å². The van der Waals surface area contributed by atoms with Crippen molar-refractivity contribution in [2.45, 2.75) is 31.6 Å². The summed E-state index contributed by atoms with van der Waals surface area (Å²) in [5.41, 5.74) is 19.2. The van der Waals surface area contributed by atoms with Crippen LogP contribution in [0.4, 0.5) is 11.4 Å². The second-order valence-electron chi connectivity index (χ2n) is 15.9. The molecule has 51 heavy (non-hydrogen) atoms. The maximum absolute atomic E-state index is 2.66. The van der Waals surface area contributed by atoms with Crippen molar-refractivity contribution < 1.29 is 9.35 Å². The predicted octanol–water partition coefficient (Wildman–Crippen LogP) is 9.81. The molecular formula is C47H33N4+3.